The standard InChI is InChI=1S/C8H7F3O/c1-12-4-5-2-7(10)8(11)3-6(5)9/h2-3H,4H2,1H3. The predicted octanol–water partition coefficient (Wildman–Crippen LogP) is 2.25. The summed E-state index contributed by atoms with van der Waals surface area (Å²) < 4.78 is 42.1. The fraction of sp³-hybridized carbons (Fsp3) is 0.250. The van der Waals surface area contributed by atoms with E-state index in [1.165, 1.54) is 7.11 Å². The Kier molecular flexibility index (Phi) is 2.70. The smallest absolute Gasteiger partial charge is 0.161 e. The molecule has 0 saturated carbocycles. The summed E-state index contributed by atoms with van der Waals surface area (Å²) in [5, 5.41) is 0. The van der Waals surface area contributed by atoms with Gasteiger partial charge < -0.3 is 4.74 Å². The van der Waals surface area contributed by atoms with Crippen molar-refractivity contribution in [2.75, 3.05) is 7.11 Å². The molecule has 1 nitrogen and oxygen atoms in total. The second kappa shape index (κ2) is 3.58. The van der Waals surface area contributed by atoms with Gasteiger partial charge >= 0.3 is 0 Å². The Morgan fingerprint density at radius 2 is 1.67 bits per heavy atom. The van der Waals surface area contributed by atoms with Crippen molar-refractivity contribution in [3.8, 4) is 0 Å². The number of methoxy groups -OCH3 is 1. The number of halogens is 3. The molecule has 66 valence electrons. The van der Waals surface area contributed by atoms with E-state index in [2.05, 4.69) is 4.74 Å². The van der Waals surface area contributed by atoms with Gasteiger partial charge in [0.1, 0.15) is 5.82 Å². The molecule has 0 aliphatic carbocycles. The third-order valence-electron chi connectivity index (χ3n) is 1.39. The summed E-state index contributed by atoms with van der Waals surface area (Å²) in [5.41, 5.74) is 0.0106. The lowest BCUT2D eigenvalue weighted by Crippen LogP contribution is -1.96. The number of benzene rings is 1. The molecule has 0 bridgehead atoms. The molecule has 1 rings (SSSR count). The van der Waals surface area contributed by atoms with E-state index < -0.39 is 17.5 Å². The third-order valence-corrected chi connectivity index (χ3v) is 1.39. The van der Waals surface area contributed by atoms with Crippen LogP contribution in [0.4, 0.5) is 13.2 Å². The van der Waals surface area contributed by atoms with Crippen LogP contribution >= 0.6 is 0 Å². The summed E-state index contributed by atoms with van der Waals surface area (Å²) in [6.45, 7) is -0.0664. The van der Waals surface area contributed by atoms with Gasteiger partial charge in [-0.2, -0.15) is 0 Å². The summed E-state index contributed by atoms with van der Waals surface area (Å²) in [5.74, 6) is -3.05. The molecule has 0 aliphatic rings. The Labute approximate surface area is 67.8 Å². The molecule has 0 N–H and O–H groups in total. The highest BCUT2D eigenvalue weighted by Crippen LogP contribution is 2.13. The molecule has 0 spiro atoms. The predicted molar refractivity (Wildman–Crippen MR) is 37.0 cm³/mol. The van der Waals surface area contributed by atoms with Gasteiger partial charge in [0.15, 0.2) is 11.6 Å². The van der Waals surface area contributed by atoms with Crippen LogP contribution in [0.2, 0.25) is 0 Å². The minimum atomic E-state index is -1.19. The molecule has 0 unspecified atom stereocenters. The molecule has 1 aromatic rings. The first-order chi connectivity index (χ1) is 5.65. The lowest BCUT2D eigenvalue weighted by Gasteiger charge is -2.01. The summed E-state index contributed by atoms with van der Waals surface area (Å²) in [4.78, 5) is 0. The number of ether oxygens (including phenoxy) is 1. The summed E-state index contributed by atoms with van der Waals surface area (Å²) in [7, 11) is 1.35. The van der Waals surface area contributed by atoms with Crippen LogP contribution in [-0.4, -0.2) is 7.11 Å². The van der Waals surface area contributed by atoms with Crippen molar-refractivity contribution in [3.63, 3.8) is 0 Å². The Morgan fingerprint density at radius 1 is 1.08 bits per heavy atom. The van der Waals surface area contributed by atoms with Crippen LogP contribution in [0.3, 0.4) is 0 Å². The van der Waals surface area contributed by atoms with Gasteiger partial charge in [0.2, 0.25) is 0 Å². The Morgan fingerprint density at radius 3 is 2.25 bits per heavy atom. The van der Waals surface area contributed by atoms with Crippen LogP contribution < -0.4 is 0 Å². The molecule has 0 aromatic heterocycles. The second-order valence-corrected chi connectivity index (χ2v) is 2.29. The molecule has 0 fully saturated rings. The average molecular weight is 176 g/mol. The third kappa shape index (κ3) is 1.76. The van der Waals surface area contributed by atoms with E-state index in [4.69, 9.17) is 0 Å². The zero-order valence-electron chi connectivity index (χ0n) is 6.40. The van der Waals surface area contributed by atoms with Gasteiger partial charge in [0, 0.05) is 18.7 Å². The second-order valence-electron chi connectivity index (χ2n) is 2.29. The van der Waals surface area contributed by atoms with Gasteiger partial charge in [-0.25, -0.2) is 13.2 Å². The molecule has 0 amide bonds. The van der Waals surface area contributed by atoms with Gasteiger partial charge in [0.25, 0.3) is 0 Å². The van der Waals surface area contributed by atoms with Crippen LogP contribution in [0.5, 0.6) is 0 Å². The van der Waals surface area contributed by atoms with Crippen molar-refractivity contribution in [1.29, 1.82) is 0 Å². The molecule has 0 heterocycles. The zero-order chi connectivity index (χ0) is 9.14. The van der Waals surface area contributed by atoms with Gasteiger partial charge in [-0.3, -0.25) is 0 Å². The van der Waals surface area contributed by atoms with Crippen molar-refractivity contribution in [1.82, 2.24) is 0 Å². The fourth-order valence-electron chi connectivity index (χ4n) is 0.830. The van der Waals surface area contributed by atoms with Crippen molar-refractivity contribution in [2.24, 2.45) is 0 Å². The Hall–Kier alpha value is -1.03. The van der Waals surface area contributed by atoms with E-state index in [1.807, 2.05) is 0 Å². The number of rotatable bonds is 2. The van der Waals surface area contributed by atoms with Gasteiger partial charge in [0.05, 0.1) is 6.61 Å². The van der Waals surface area contributed by atoms with Crippen molar-refractivity contribution < 1.29 is 17.9 Å². The number of hydrogen-bond acceptors (Lipinski definition) is 1. The first-order valence-corrected chi connectivity index (χ1v) is 3.27. The maximum atomic E-state index is 12.7. The molecule has 0 atom stereocenters. The minimum Gasteiger partial charge on any atom is -0.380 e. The SMILES string of the molecule is COCc1cc(F)c(F)cc1F. The molecule has 12 heavy (non-hydrogen) atoms. The summed E-state index contributed by atoms with van der Waals surface area (Å²) >= 11 is 0. The molecule has 0 radical (unpaired) electrons. The van der Waals surface area contributed by atoms with Crippen LogP contribution in [0.15, 0.2) is 12.1 Å². The topological polar surface area (TPSA) is 9.23 Å². The molecule has 0 aliphatic heterocycles. The molecule has 4 heteroatoms. The zero-order valence-corrected chi connectivity index (χ0v) is 6.40. The summed E-state index contributed by atoms with van der Waals surface area (Å²) in [6, 6.07) is 1.29. The fourth-order valence-corrected chi connectivity index (χ4v) is 0.830. The van der Waals surface area contributed by atoms with Crippen LogP contribution in [0, 0.1) is 17.5 Å². The van der Waals surface area contributed by atoms with Crippen molar-refractivity contribution in [3.05, 3.63) is 35.1 Å². The van der Waals surface area contributed by atoms with Crippen LogP contribution in [0.25, 0.3) is 0 Å². The largest absolute Gasteiger partial charge is 0.380 e. The van der Waals surface area contributed by atoms with Gasteiger partial charge in [-0.15, -0.1) is 0 Å². The maximum Gasteiger partial charge on any atom is 0.161 e. The van der Waals surface area contributed by atoms with E-state index in [0.29, 0.717) is 6.07 Å². The minimum absolute atomic E-state index is 0.0106. The Bertz CT molecular complexity index is 286. The summed E-state index contributed by atoms with van der Waals surface area (Å²) in [6.07, 6.45) is 0. The molecule has 0 saturated heterocycles. The average Bonchev–Trinajstić information content (AvgIpc) is 2.01. The quantitative estimate of drug-likeness (QED) is 0.628. The highest BCUT2D eigenvalue weighted by molar-refractivity contribution is 5.19. The molecule has 1 aromatic carbocycles. The lowest BCUT2D eigenvalue weighted by molar-refractivity contribution is 0.181. The highest BCUT2D eigenvalue weighted by atomic mass is 19.2. The maximum absolute atomic E-state index is 12.7. The molecular formula is C8H7F3O. The van der Waals surface area contributed by atoms with Crippen LogP contribution in [-0.2, 0) is 11.3 Å². The first kappa shape index (κ1) is 9.06. The normalized spacial score (nSPS) is 10.3. The highest BCUT2D eigenvalue weighted by Gasteiger charge is 2.08. The van der Waals surface area contributed by atoms with E-state index in [0.717, 1.165) is 6.07 Å². The van der Waals surface area contributed by atoms with E-state index in [-0.39, 0.29) is 12.2 Å². The van der Waals surface area contributed by atoms with Gasteiger partial charge in [-0.05, 0) is 6.07 Å². The van der Waals surface area contributed by atoms with Gasteiger partial charge in [-0.1, -0.05) is 0 Å². The van der Waals surface area contributed by atoms with Crippen molar-refractivity contribution >= 4 is 0 Å². The van der Waals surface area contributed by atoms with E-state index >= 15 is 0 Å². The van der Waals surface area contributed by atoms with E-state index in [1.54, 1.807) is 0 Å². The van der Waals surface area contributed by atoms with E-state index in [9.17, 15) is 13.2 Å². The number of hydrogen-bond donors (Lipinski definition) is 0. The van der Waals surface area contributed by atoms with Crippen LogP contribution in [0.1, 0.15) is 5.56 Å². The first-order valence-electron chi connectivity index (χ1n) is 3.27. The van der Waals surface area contributed by atoms with Crippen molar-refractivity contribution in [2.45, 2.75) is 6.61 Å². The monoisotopic (exact) mass is 176 g/mol. The lowest BCUT2D eigenvalue weighted by atomic mass is 10.2. The molecular weight excluding hydrogens is 169 g/mol. The Balaban J connectivity index is 3.05.